The molecule has 0 saturated heterocycles. The average molecular weight is 471 g/mol. The molecule has 1 heterocycles. The minimum Gasteiger partial charge on any atom is -0.491 e. The number of rotatable bonds is 19. The SMILES string of the molecule is CCCCCCCCCc1cnc(-c2ccc(OCC(F)CCCC(C)CCCC)cc2)nc1. The average Bonchev–Trinajstić information content (AvgIpc) is 2.86. The molecule has 4 heteroatoms. The zero-order chi connectivity index (χ0) is 24.4. The lowest BCUT2D eigenvalue weighted by Gasteiger charge is -2.13. The molecule has 0 saturated carbocycles. The molecule has 0 N–H and O–H groups in total. The van der Waals surface area contributed by atoms with Crippen molar-refractivity contribution in [2.24, 2.45) is 5.92 Å². The van der Waals surface area contributed by atoms with Gasteiger partial charge in [0.25, 0.3) is 0 Å². The van der Waals surface area contributed by atoms with Crippen LogP contribution in [-0.4, -0.2) is 22.7 Å². The number of ether oxygens (including phenoxy) is 1. The largest absolute Gasteiger partial charge is 0.491 e. The maximum atomic E-state index is 14.2. The van der Waals surface area contributed by atoms with Crippen LogP contribution in [0.3, 0.4) is 0 Å². The van der Waals surface area contributed by atoms with Gasteiger partial charge in [-0.1, -0.05) is 91.4 Å². The third-order valence-electron chi connectivity index (χ3n) is 6.58. The van der Waals surface area contributed by atoms with E-state index in [2.05, 4.69) is 30.7 Å². The number of aryl methyl sites for hydroxylation is 1. The van der Waals surface area contributed by atoms with Crippen LogP contribution in [0.5, 0.6) is 5.75 Å². The summed E-state index contributed by atoms with van der Waals surface area (Å²) in [5, 5.41) is 0. The molecule has 2 rings (SSSR count). The highest BCUT2D eigenvalue weighted by atomic mass is 19.1. The van der Waals surface area contributed by atoms with E-state index in [1.54, 1.807) is 0 Å². The fourth-order valence-corrected chi connectivity index (χ4v) is 4.27. The Kier molecular flexibility index (Phi) is 14.5. The minimum atomic E-state index is -0.912. The summed E-state index contributed by atoms with van der Waals surface area (Å²) < 4.78 is 19.9. The number of hydrogen-bond acceptors (Lipinski definition) is 3. The van der Waals surface area contributed by atoms with E-state index in [9.17, 15) is 4.39 Å². The molecule has 34 heavy (non-hydrogen) atoms. The van der Waals surface area contributed by atoms with Crippen LogP contribution in [-0.2, 0) is 6.42 Å². The molecule has 0 radical (unpaired) electrons. The van der Waals surface area contributed by atoms with Crippen molar-refractivity contribution in [1.82, 2.24) is 9.97 Å². The molecule has 2 unspecified atom stereocenters. The second-order valence-corrected chi connectivity index (χ2v) is 9.90. The first-order valence-electron chi connectivity index (χ1n) is 13.8. The molecular formula is C30H47FN2O. The van der Waals surface area contributed by atoms with Gasteiger partial charge in [0.15, 0.2) is 5.82 Å². The van der Waals surface area contributed by atoms with Gasteiger partial charge in [-0.3, -0.25) is 0 Å². The molecular weight excluding hydrogens is 423 g/mol. The summed E-state index contributed by atoms with van der Waals surface area (Å²) in [5.41, 5.74) is 2.15. The Labute approximate surface area is 208 Å². The van der Waals surface area contributed by atoms with Gasteiger partial charge >= 0.3 is 0 Å². The summed E-state index contributed by atoms with van der Waals surface area (Å²) >= 11 is 0. The molecule has 190 valence electrons. The van der Waals surface area contributed by atoms with Gasteiger partial charge in [-0.05, 0) is 55.0 Å². The lowest BCUT2D eigenvalue weighted by Crippen LogP contribution is -2.13. The van der Waals surface area contributed by atoms with Crippen LogP contribution < -0.4 is 4.74 Å². The summed E-state index contributed by atoms with van der Waals surface area (Å²) in [5.74, 6) is 2.10. The van der Waals surface area contributed by atoms with Crippen LogP contribution in [0, 0.1) is 5.92 Å². The fraction of sp³-hybridized carbons (Fsp3) is 0.667. The number of benzene rings is 1. The van der Waals surface area contributed by atoms with E-state index >= 15 is 0 Å². The minimum absolute atomic E-state index is 0.118. The third-order valence-corrected chi connectivity index (χ3v) is 6.58. The van der Waals surface area contributed by atoms with E-state index in [1.807, 2.05) is 36.7 Å². The van der Waals surface area contributed by atoms with E-state index in [0.29, 0.717) is 18.1 Å². The van der Waals surface area contributed by atoms with Crippen LogP contribution in [0.2, 0.25) is 0 Å². The van der Waals surface area contributed by atoms with Gasteiger partial charge in [-0.25, -0.2) is 14.4 Å². The molecule has 2 atom stereocenters. The second-order valence-electron chi connectivity index (χ2n) is 9.90. The van der Waals surface area contributed by atoms with Crippen LogP contribution in [0.15, 0.2) is 36.7 Å². The molecule has 3 nitrogen and oxygen atoms in total. The maximum Gasteiger partial charge on any atom is 0.159 e. The molecule has 0 amide bonds. The number of aromatic nitrogens is 2. The molecule has 0 aliphatic rings. The van der Waals surface area contributed by atoms with Gasteiger partial charge < -0.3 is 4.74 Å². The van der Waals surface area contributed by atoms with Crippen molar-refractivity contribution in [3.63, 3.8) is 0 Å². The summed E-state index contributed by atoms with van der Waals surface area (Å²) in [6.45, 7) is 6.86. The zero-order valence-corrected chi connectivity index (χ0v) is 21.9. The highest BCUT2D eigenvalue weighted by Gasteiger charge is 2.10. The Morgan fingerprint density at radius 1 is 0.765 bits per heavy atom. The number of hydrogen-bond donors (Lipinski definition) is 0. The molecule has 0 bridgehead atoms. The Morgan fingerprint density at radius 2 is 1.38 bits per heavy atom. The van der Waals surface area contributed by atoms with Crippen molar-refractivity contribution in [2.45, 2.75) is 117 Å². The van der Waals surface area contributed by atoms with Gasteiger partial charge in [0, 0.05) is 18.0 Å². The zero-order valence-electron chi connectivity index (χ0n) is 21.9. The van der Waals surface area contributed by atoms with Crippen molar-refractivity contribution in [2.75, 3.05) is 6.61 Å². The Bertz CT molecular complexity index is 747. The number of halogens is 1. The maximum absolute atomic E-state index is 14.2. The van der Waals surface area contributed by atoms with Crippen LogP contribution in [0.25, 0.3) is 11.4 Å². The van der Waals surface area contributed by atoms with Gasteiger partial charge in [0.1, 0.15) is 18.5 Å². The second kappa shape index (κ2) is 17.5. The van der Waals surface area contributed by atoms with Gasteiger partial charge in [-0.15, -0.1) is 0 Å². The van der Waals surface area contributed by atoms with Crippen molar-refractivity contribution >= 4 is 0 Å². The van der Waals surface area contributed by atoms with Crippen LogP contribution in [0.4, 0.5) is 4.39 Å². The Morgan fingerprint density at radius 3 is 2.06 bits per heavy atom. The highest BCUT2D eigenvalue weighted by Crippen LogP contribution is 2.21. The van der Waals surface area contributed by atoms with Crippen molar-refractivity contribution in [3.8, 4) is 17.1 Å². The van der Waals surface area contributed by atoms with Crippen molar-refractivity contribution in [1.29, 1.82) is 0 Å². The summed E-state index contributed by atoms with van der Waals surface area (Å²) in [7, 11) is 0. The number of alkyl halides is 1. The lowest BCUT2D eigenvalue weighted by atomic mass is 9.97. The normalized spacial score (nSPS) is 13.1. The number of nitrogens with zero attached hydrogens (tertiary/aromatic N) is 2. The molecule has 1 aromatic carbocycles. The standard InChI is InChI=1S/C30H47FN2O/c1-4-6-8-9-10-11-12-16-26-22-32-30(33-23-26)27-18-20-29(21-19-27)34-24-28(31)17-13-15-25(3)14-7-5-2/h18-23,25,28H,4-17,24H2,1-3H3. The Balaban J connectivity index is 1.66. The summed E-state index contributed by atoms with van der Waals surface area (Å²) in [4.78, 5) is 9.09. The first-order chi connectivity index (χ1) is 16.6. The van der Waals surface area contributed by atoms with Crippen LogP contribution >= 0.6 is 0 Å². The number of unbranched alkanes of at least 4 members (excludes halogenated alkanes) is 7. The van der Waals surface area contributed by atoms with Gasteiger partial charge in [0.2, 0.25) is 0 Å². The van der Waals surface area contributed by atoms with E-state index in [4.69, 9.17) is 4.74 Å². The monoisotopic (exact) mass is 470 g/mol. The predicted octanol–water partition coefficient (Wildman–Crippen LogP) is 9.15. The first-order valence-corrected chi connectivity index (χ1v) is 13.8. The van der Waals surface area contributed by atoms with E-state index in [0.717, 1.165) is 30.7 Å². The molecule has 0 aliphatic carbocycles. The van der Waals surface area contributed by atoms with E-state index < -0.39 is 6.17 Å². The summed E-state index contributed by atoms with van der Waals surface area (Å²) in [6, 6.07) is 7.65. The van der Waals surface area contributed by atoms with Crippen molar-refractivity contribution in [3.05, 3.63) is 42.2 Å². The smallest absolute Gasteiger partial charge is 0.159 e. The third kappa shape index (κ3) is 11.9. The van der Waals surface area contributed by atoms with Crippen LogP contribution in [0.1, 0.15) is 110 Å². The molecule has 1 aromatic heterocycles. The van der Waals surface area contributed by atoms with E-state index in [-0.39, 0.29) is 6.61 Å². The lowest BCUT2D eigenvalue weighted by molar-refractivity contribution is 0.182. The highest BCUT2D eigenvalue weighted by molar-refractivity contribution is 5.55. The fourth-order valence-electron chi connectivity index (χ4n) is 4.27. The molecule has 0 aliphatic heterocycles. The topological polar surface area (TPSA) is 35.0 Å². The summed E-state index contributed by atoms with van der Waals surface area (Å²) in [6.07, 6.45) is 19.6. The quantitative estimate of drug-likeness (QED) is 0.192. The molecule has 2 aromatic rings. The van der Waals surface area contributed by atoms with Gasteiger partial charge in [0.05, 0.1) is 0 Å². The first kappa shape index (κ1) is 28.3. The van der Waals surface area contributed by atoms with Gasteiger partial charge in [-0.2, -0.15) is 0 Å². The van der Waals surface area contributed by atoms with Crippen molar-refractivity contribution < 1.29 is 9.13 Å². The molecule has 0 fully saturated rings. The Hall–Kier alpha value is -1.97. The predicted molar refractivity (Wildman–Crippen MR) is 142 cm³/mol. The molecule has 0 spiro atoms. The van der Waals surface area contributed by atoms with E-state index in [1.165, 1.54) is 69.8 Å².